The number of carbonyl (C=O) groups excluding carboxylic acids is 1. The first-order chi connectivity index (χ1) is 16.5. The van der Waals surface area contributed by atoms with Crippen molar-refractivity contribution in [3.8, 4) is 0 Å². The van der Waals surface area contributed by atoms with E-state index in [4.69, 9.17) is 4.74 Å². The van der Waals surface area contributed by atoms with Crippen LogP contribution in [0.4, 0.5) is 5.69 Å². The number of para-hydroxylation sites is 1. The lowest BCUT2D eigenvalue weighted by Gasteiger charge is -2.34. The fourth-order valence-electron chi connectivity index (χ4n) is 4.08. The summed E-state index contributed by atoms with van der Waals surface area (Å²) in [5, 5.41) is 5.05. The van der Waals surface area contributed by atoms with Crippen LogP contribution in [0, 0.1) is 0 Å². The van der Waals surface area contributed by atoms with Gasteiger partial charge in [-0.05, 0) is 48.7 Å². The summed E-state index contributed by atoms with van der Waals surface area (Å²) in [5.41, 5.74) is 0.904. The molecule has 1 atom stereocenters. The van der Waals surface area contributed by atoms with Gasteiger partial charge in [-0.25, -0.2) is 8.42 Å². The van der Waals surface area contributed by atoms with Gasteiger partial charge in [0.15, 0.2) is 0 Å². The molecule has 3 aromatic rings. The van der Waals surface area contributed by atoms with Crippen LogP contribution < -0.4 is 9.62 Å². The van der Waals surface area contributed by atoms with Crippen molar-refractivity contribution in [3.05, 3.63) is 82.6 Å². The van der Waals surface area contributed by atoms with Crippen LogP contribution in [0.25, 0.3) is 0 Å². The zero-order valence-electron chi connectivity index (χ0n) is 19.1. The van der Waals surface area contributed by atoms with Crippen LogP contribution in [0.1, 0.15) is 28.2 Å². The second kappa shape index (κ2) is 11.1. The number of nitrogens with one attached hydrogen (secondary N) is 1. The Balaban J connectivity index is 1.51. The summed E-state index contributed by atoms with van der Waals surface area (Å²) < 4.78 is 33.5. The number of sulfonamides is 1. The van der Waals surface area contributed by atoms with Crippen molar-refractivity contribution in [2.45, 2.75) is 17.9 Å². The number of morpholine rings is 1. The summed E-state index contributed by atoms with van der Waals surface area (Å²) in [5.74, 6) is -0.297. The van der Waals surface area contributed by atoms with E-state index in [9.17, 15) is 13.2 Å². The highest BCUT2D eigenvalue weighted by Gasteiger charge is 2.26. The Morgan fingerprint density at radius 2 is 1.85 bits per heavy atom. The minimum atomic E-state index is -3.81. The van der Waals surface area contributed by atoms with E-state index >= 15 is 0 Å². The average Bonchev–Trinajstić information content (AvgIpc) is 3.40. The normalized spacial score (nSPS) is 15.6. The molecule has 2 aromatic carbocycles. The van der Waals surface area contributed by atoms with Crippen LogP contribution in [0.3, 0.4) is 0 Å². The minimum absolute atomic E-state index is 0.0495. The maximum absolute atomic E-state index is 13.3. The molecule has 0 bridgehead atoms. The van der Waals surface area contributed by atoms with Gasteiger partial charge in [0.25, 0.3) is 15.9 Å². The molecular formula is C25H29N3O4S2. The number of anilines is 1. The molecule has 1 saturated heterocycles. The van der Waals surface area contributed by atoms with Gasteiger partial charge < -0.3 is 10.1 Å². The van der Waals surface area contributed by atoms with Crippen molar-refractivity contribution < 1.29 is 17.9 Å². The van der Waals surface area contributed by atoms with Crippen LogP contribution in [-0.2, 0) is 14.8 Å². The zero-order valence-corrected chi connectivity index (χ0v) is 20.7. The first kappa shape index (κ1) is 24.4. The second-order valence-corrected chi connectivity index (χ2v) is 10.8. The van der Waals surface area contributed by atoms with E-state index in [2.05, 4.69) is 16.3 Å². The van der Waals surface area contributed by atoms with Crippen LogP contribution in [-0.4, -0.2) is 58.6 Å². The molecule has 0 radical (unpaired) electrons. The van der Waals surface area contributed by atoms with Crippen LogP contribution in [0.15, 0.2) is 77.0 Å². The highest BCUT2D eigenvalue weighted by atomic mass is 32.2. The third kappa shape index (κ3) is 5.50. The second-order valence-electron chi connectivity index (χ2n) is 7.92. The molecule has 0 unspecified atom stereocenters. The summed E-state index contributed by atoms with van der Waals surface area (Å²) in [7, 11) is -3.81. The van der Waals surface area contributed by atoms with Crippen molar-refractivity contribution in [1.29, 1.82) is 0 Å². The Labute approximate surface area is 205 Å². The van der Waals surface area contributed by atoms with Crippen molar-refractivity contribution in [2.75, 3.05) is 43.7 Å². The first-order valence-corrected chi connectivity index (χ1v) is 13.6. The topological polar surface area (TPSA) is 79.0 Å². The molecule has 1 aliphatic heterocycles. The molecule has 9 heteroatoms. The van der Waals surface area contributed by atoms with E-state index in [-0.39, 0.29) is 23.4 Å². The van der Waals surface area contributed by atoms with Crippen molar-refractivity contribution in [3.63, 3.8) is 0 Å². The molecule has 7 nitrogen and oxygen atoms in total. The third-order valence-electron chi connectivity index (χ3n) is 5.83. The maximum atomic E-state index is 13.3. The molecule has 1 N–H and O–H groups in total. The molecule has 1 fully saturated rings. The van der Waals surface area contributed by atoms with Crippen LogP contribution >= 0.6 is 11.3 Å². The standard InChI is InChI=1S/C25H29N3O4S2/c1-2-28(21-9-4-3-5-10-21)34(30,31)22-11-6-8-20(18-22)25(29)26-19-23(24-12-7-17-33-24)27-13-15-32-16-14-27/h3-12,17-18,23H,2,13-16,19H2,1H3,(H,26,29)/t23-/m1/s1. The molecule has 0 aliphatic carbocycles. The molecule has 1 aromatic heterocycles. The highest BCUT2D eigenvalue weighted by molar-refractivity contribution is 7.92. The molecule has 1 aliphatic rings. The Kier molecular flexibility index (Phi) is 7.99. The Morgan fingerprint density at radius 1 is 1.09 bits per heavy atom. The SMILES string of the molecule is CCN(c1ccccc1)S(=O)(=O)c1cccc(C(=O)NC[C@H](c2cccs2)N2CCOCC2)c1. The molecule has 2 heterocycles. The van der Waals surface area contributed by atoms with E-state index in [1.54, 1.807) is 54.7 Å². The molecule has 0 spiro atoms. The molecule has 4 rings (SSSR count). The lowest BCUT2D eigenvalue weighted by atomic mass is 10.1. The molecule has 180 valence electrons. The van der Waals surface area contributed by atoms with E-state index in [0.29, 0.717) is 31.0 Å². The first-order valence-electron chi connectivity index (χ1n) is 11.3. The van der Waals surface area contributed by atoms with Crippen molar-refractivity contribution in [1.82, 2.24) is 10.2 Å². The Morgan fingerprint density at radius 3 is 2.53 bits per heavy atom. The average molecular weight is 500 g/mol. The van der Waals surface area contributed by atoms with Crippen LogP contribution in [0.5, 0.6) is 0 Å². The van der Waals surface area contributed by atoms with Gasteiger partial charge in [0, 0.05) is 36.6 Å². The Hall–Kier alpha value is -2.72. The predicted octanol–water partition coefficient (Wildman–Crippen LogP) is 3.77. The van der Waals surface area contributed by atoms with Gasteiger partial charge in [0.2, 0.25) is 0 Å². The fraction of sp³-hybridized carbons (Fsp3) is 0.320. The number of carbonyl (C=O) groups is 1. The fourth-order valence-corrected chi connectivity index (χ4v) is 6.46. The lowest BCUT2D eigenvalue weighted by molar-refractivity contribution is 0.0169. The summed E-state index contributed by atoms with van der Waals surface area (Å²) in [6.45, 7) is 5.46. The van der Waals surface area contributed by atoms with Gasteiger partial charge in [-0.2, -0.15) is 0 Å². The number of hydrogen-bond acceptors (Lipinski definition) is 6. The number of benzene rings is 2. The number of nitrogens with zero attached hydrogens (tertiary/aromatic N) is 2. The lowest BCUT2D eigenvalue weighted by Crippen LogP contribution is -2.43. The van der Waals surface area contributed by atoms with Gasteiger partial charge >= 0.3 is 0 Å². The largest absolute Gasteiger partial charge is 0.379 e. The van der Waals surface area contributed by atoms with Gasteiger partial charge in [0.1, 0.15) is 0 Å². The summed E-state index contributed by atoms with van der Waals surface area (Å²) in [6.07, 6.45) is 0. The smallest absolute Gasteiger partial charge is 0.264 e. The minimum Gasteiger partial charge on any atom is -0.379 e. The van der Waals surface area contributed by atoms with E-state index in [1.807, 2.05) is 17.5 Å². The van der Waals surface area contributed by atoms with Gasteiger partial charge in [-0.15, -0.1) is 11.3 Å². The number of rotatable bonds is 9. The number of amides is 1. The highest BCUT2D eigenvalue weighted by Crippen LogP contribution is 2.26. The van der Waals surface area contributed by atoms with Crippen molar-refractivity contribution >= 4 is 33.0 Å². The van der Waals surface area contributed by atoms with Gasteiger partial charge in [0.05, 0.1) is 29.8 Å². The van der Waals surface area contributed by atoms with Gasteiger partial charge in [-0.1, -0.05) is 30.3 Å². The predicted molar refractivity (Wildman–Crippen MR) is 135 cm³/mol. The summed E-state index contributed by atoms with van der Waals surface area (Å²) >= 11 is 1.66. The quantitative estimate of drug-likeness (QED) is 0.485. The van der Waals surface area contributed by atoms with Gasteiger partial charge in [-0.3, -0.25) is 14.0 Å². The van der Waals surface area contributed by atoms with E-state index in [0.717, 1.165) is 13.1 Å². The number of ether oxygens (including phenoxy) is 1. The Bertz CT molecular complexity index is 1180. The third-order valence-corrected chi connectivity index (χ3v) is 8.70. The van der Waals surface area contributed by atoms with Crippen LogP contribution in [0.2, 0.25) is 0 Å². The summed E-state index contributed by atoms with van der Waals surface area (Å²) in [6, 6.07) is 19.3. The zero-order chi connectivity index (χ0) is 24.0. The van der Waals surface area contributed by atoms with Crippen molar-refractivity contribution in [2.24, 2.45) is 0 Å². The number of hydrogen-bond donors (Lipinski definition) is 1. The molecule has 34 heavy (non-hydrogen) atoms. The van der Waals surface area contributed by atoms with E-state index in [1.165, 1.54) is 21.3 Å². The molecular weight excluding hydrogens is 470 g/mol. The summed E-state index contributed by atoms with van der Waals surface area (Å²) in [4.78, 5) is 16.6. The maximum Gasteiger partial charge on any atom is 0.264 e. The monoisotopic (exact) mass is 499 g/mol. The molecule has 1 amide bonds. The number of thiophene rings is 1. The molecule has 0 saturated carbocycles. The van der Waals surface area contributed by atoms with E-state index < -0.39 is 10.0 Å².